The van der Waals surface area contributed by atoms with Crippen molar-refractivity contribution in [3.63, 3.8) is 0 Å². The van der Waals surface area contributed by atoms with Gasteiger partial charge in [-0.2, -0.15) is 0 Å². The third-order valence-corrected chi connectivity index (χ3v) is 3.73. The predicted octanol–water partition coefficient (Wildman–Crippen LogP) is 1.38. The summed E-state index contributed by atoms with van der Waals surface area (Å²) in [6.45, 7) is 3.46. The maximum Gasteiger partial charge on any atom is 0.326 e. The quantitative estimate of drug-likeness (QED) is 0.855. The van der Waals surface area contributed by atoms with Gasteiger partial charge in [-0.25, -0.2) is 4.79 Å². The molecule has 2 atom stereocenters. The van der Waals surface area contributed by atoms with Crippen molar-refractivity contribution in [3.05, 3.63) is 23.0 Å². The van der Waals surface area contributed by atoms with Gasteiger partial charge in [0, 0.05) is 25.5 Å². The van der Waals surface area contributed by atoms with Crippen LogP contribution in [0.2, 0.25) is 5.02 Å². The smallest absolute Gasteiger partial charge is 0.326 e. The zero-order chi connectivity index (χ0) is 13.1. The molecule has 1 aliphatic rings. The first-order chi connectivity index (χ1) is 8.63. The number of carbonyl (C=O) groups excluding carboxylic acids is 1. The van der Waals surface area contributed by atoms with Gasteiger partial charge in [-0.15, -0.1) is 0 Å². The summed E-state index contributed by atoms with van der Waals surface area (Å²) in [6, 6.07) is 1.59. The number of rotatable bonds is 2. The number of nitrogens with zero attached hydrogens (tertiary/aromatic N) is 1. The molecule has 18 heavy (non-hydrogen) atoms. The van der Waals surface area contributed by atoms with Gasteiger partial charge < -0.3 is 15.4 Å². The molecule has 2 N–H and O–H groups in total. The Bertz CT molecular complexity index is 433. The number of halogens is 1. The Morgan fingerprint density at radius 3 is 3.06 bits per heavy atom. The second kappa shape index (κ2) is 5.73. The van der Waals surface area contributed by atoms with Gasteiger partial charge in [0.15, 0.2) is 0 Å². The van der Waals surface area contributed by atoms with Crippen LogP contribution in [0, 0.1) is 6.92 Å². The minimum Gasteiger partial charge on any atom is -0.378 e. The second-order valence-corrected chi connectivity index (χ2v) is 4.85. The SMILES string of the molecule is COC1CNCCC1NC(=O)n1ccc(Cl)c1C. The molecule has 1 saturated heterocycles. The van der Waals surface area contributed by atoms with Gasteiger partial charge in [0.05, 0.1) is 17.2 Å². The van der Waals surface area contributed by atoms with Crippen LogP contribution in [0.15, 0.2) is 12.3 Å². The fourth-order valence-electron chi connectivity index (χ4n) is 2.18. The number of carbonyl (C=O) groups is 1. The number of piperidine rings is 1. The third kappa shape index (κ3) is 2.68. The molecule has 0 spiro atoms. The maximum absolute atomic E-state index is 12.1. The van der Waals surface area contributed by atoms with Crippen molar-refractivity contribution in [2.45, 2.75) is 25.5 Å². The Labute approximate surface area is 111 Å². The monoisotopic (exact) mass is 271 g/mol. The van der Waals surface area contributed by atoms with Crippen LogP contribution in [0.4, 0.5) is 4.79 Å². The molecule has 0 aromatic carbocycles. The molecule has 2 rings (SSSR count). The van der Waals surface area contributed by atoms with E-state index in [2.05, 4.69) is 10.6 Å². The summed E-state index contributed by atoms with van der Waals surface area (Å²) >= 11 is 5.94. The van der Waals surface area contributed by atoms with E-state index in [1.54, 1.807) is 19.4 Å². The van der Waals surface area contributed by atoms with Crippen LogP contribution in [0.25, 0.3) is 0 Å². The van der Waals surface area contributed by atoms with Crippen molar-refractivity contribution in [1.29, 1.82) is 0 Å². The highest BCUT2D eigenvalue weighted by molar-refractivity contribution is 6.31. The summed E-state index contributed by atoms with van der Waals surface area (Å²) in [7, 11) is 1.66. The van der Waals surface area contributed by atoms with Crippen LogP contribution in [0.3, 0.4) is 0 Å². The minimum atomic E-state index is -0.159. The zero-order valence-electron chi connectivity index (χ0n) is 10.6. The molecule has 1 aliphatic heterocycles. The highest BCUT2D eigenvalue weighted by atomic mass is 35.5. The van der Waals surface area contributed by atoms with Crippen LogP contribution >= 0.6 is 11.6 Å². The molecular formula is C12H18ClN3O2. The van der Waals surface area contributed by atoms with Crippen LogP contribution < -0.4 is 10.6 Å². The summed E-state index contributed by atoms with van der Waals surface area (Å²) in [5.74, 6) is 0. The van der Waals surface area contributed by atoms with Gasteiger partial charge in [0.1, 0.15) is 0 Å². The molecule has 0 radical (unpaired) electrons. The second-order valence-electron chi connectivity index (χ2n) is 4.44. The lowest BCUT2D eigenvalue weighted by Gasteiger charge is -2.31. The van der Waals surface area contributed by atoms with Crippen LogP contribution in [0.1, 0.15) is 12.1 Å². The number of nitrogens with one attached hydrogen (secondary N) is 2. The Morgan fingerprint density at radius 2 is 2.44 bits per heavy atom. The lowest BCUT2D eigenvalue weighted by molar-refractivity contribution is 0.0551. The van der Waals surface area contributed by atoms with Crippen LogP contribution in [0.5, 0.6) is 0 Å². The van der Waals surface area contributed by atoms with E-state index >= 15 is 0 Å². The van der Waals surface area contributed by atoms with E-state index in [1.807, 2.05) is 6.92 Å². The van der Waals surface area contributed by atoms with Gasteiger partial charge in [-0.05, 0) is 26.0 Å². The van der Waals surface area contributed by atoms with E-state index in [4.69, 9.17) is 16.3 Å². The molecule has 100 valence electrons. The van der Waals surface area contributed by atoms with Gasteiger partial charge >= 0.3 is 6.03 Å². The molecule has 1 aromatic rings. The van der Waals surface area contributed by atoms with Gasteiger partial charge in [-0.1, -0.05) is 11.6 Å². The van der Waals surface area contributed by atoms with Crippen molar-refractivity contribution in [3.8, 4) is 0 Å². The predicted molar refractivity (Wildman–Crippen MR) is 70.2 cm³/mol. The molecule has 0 bridgehead atoms. The maximum atomic E-state index is 12.1. The molecule has 2 heterocycles. The summed E-state index contributed by atoms with van der Waals surface area (Å²) in [5, 5.41) is 6.83. The van der Waals surface area contributed by atoms with E-state index in [9.17, 15) is 4.79 Å². The largest absolute Gasteiger partial charge is 0.378 e. The van der Waals surface area contributed by atoms with Gasteiger partial charge in [0.25, 0.3) is 0 Å². The molecule has 1 fully saturated rings. The van der Waals surface area contributed by atoms with E-state index in [1.165, 1.54) is 4.57 Å². The normalized spacial score (nSPS) is 23.9. The highest BCUT2D eigenvalue weighted by Crippen LogP contribution is 2.16. The Kier molecular flexibility index (Phi) is 4.27. The Morgan fingerprint density at radius 1 is 1.67 bits per heavy atom. The fraction of sp³-hybridized carbons (Fsp3) is 0.583. The lowest BCUT2D eigenvalue weighted by Crippen LogP contribution is -2.54. The number of ether oxygens (including phenoxy) is 1. The standard InChI is InChI=1S/C12H18ClN3O2/c1-8-9(13)4-6-16(8)12(17)15-10-3-5-14-7-11(10)18-2/h4,6,10-11,14H,3,5,7H2,1-2H3,(H,15,17). The minimum absolute atomic E-state index is 0.00837. The topological polar surface area (TPSA) is 55.3 Å². The molecule has 5 nitrogen and oxygen atoms in total. The third-order valence-electron chi connectivity index (χ3n) is 3.33. The summed E-state index contributed by atoms with van der Waals surface area (Å²) in [4.78, 5) is 12.1. The zero-order valence-corrected chi connectivity index (χ0v) is 11.3. The summed E-state index contributed by atoms with van der Waals surface area (Å²) in [6.07, 6.45) is 2.54. The summed E-state index contributed by atoms with van der Waals surface area (Å²) < 4.78 is 6.89. The number of aromatic nitrogens is 1. The Balaban J connectivity index is 2.04. The number of methoxy groups -OCH3 is 1. The molecule has 2 unspecified atom stereocenters. The van der Waals surface area contributed by atoms with Gasteiger partial charge in [0.2, 0.25) is 0 Å². The number of amides is 1. The summed E-state index contributed by atoms with van der Waals surface area (Å²) in [5.41, 5.74) is 0.747. The molecular weight excluding hydrogens is 254 g/mol. The Hall–Kier alpha value is -1.04. The molecule has 0 saturated carbocycles. The van der Waals surface area contributed by atoms with E-state index in [-0.39, 0.29) is 18.2 Å². The van der Waals surface area contributed by atoms with Crippen molar-refractivity contribution < 1.29 is 9.53 Å². The number of hydrogen-bond donors (Lipinski definition) is 2. The fourth-order valence-corrected chi connectivity index (χ4v) is 2.33. The van der Waals surface area contributed by atoms with E-state index in [0.29, 0.717) is 5.02 Å². The van der Waals surface area contributed by atoms with Crippen LogP contribution in [-0.2, 0) is 4.74 Å². The first-order valence-electron chi connectivity index (χ1n) is 6.01. The van der Waals surface area contributed by atoms with E-state index in [0.717, 1.165) is 25.2 Å². The number of hydrogen-bond acceptors (Lipinski definition) is 3. The lowest BCUT2D eigenvalue weighted by atomic mass is 10.0. The van der Waals surface area contributed by atoms with Crippen molar-refractivity contribution in [1.82, 2.24) is 15.2 Å². The van der Waals surface area contributed by atoms with Crippen molar-refractivity contribution in [2.24, 2.45) is 0 Å². The average molecular weight is 272 g/mol. The molecule has 0 aliphatic carbocycles. The van der Waals surface area contributed by atoms with Gasteiger partial charge in [-0.3, -0.25) is 4.57 Å². The molecule has 6 heteroatoms. The van der Waals surface area contributed by atoms with E-state index < -0.39 is 0 Å². The molecule has 1 aromatic heterocycles. The van der Waals surface area contributed by atoms with Crippen LogP contribution in [-0.4, -0.2) is 42.9 Å². The first-order valence-corrected chi connectivity index (χ1v) is 6.39. The molecule has 1 amide bonds. The van der Waals surface area contributed by atoms with Crippen molar-refractivity contribution in [2.75, 3.05) is 20.2 Å². The van der Waals surface area contributed by atoms with Crippen molar-refractivity contribution >= 4 is 17.6 Å². The highest BCUT2D eigenvalue weighted by Gasteiger charge is 2.26. The average Bonchev–Trinajstić information content (AvgIpc) is 2.71. The first kappa shape index (κ1) is 13.4.